The van der Waals surface area contributed by atoms with Crippen LogP contribution in [-0.2, 0) is 30.2 Å². The lowest BCUT2D eigenvalue weighted by atomic mass is 9.89. The predicted molar refractivity (Wildman–Crippen MR) is 172 cm³/mol. The van der Waals surface area contributed by atoms with Crippen LogP contribution in [0.3, 0.4) is 0 Å². The fourth-order valence-corrected chi connectivity index (χ4v) is 6.43. The van der Waals surface area contributed by atoms with Crippen molar-refractivity contribution in [2.45, 2.75) is 31.3 Å². The molecule has 2 fully saturated rings. The maximum Gasteiger partial charge on any atom is 0.274 e. The van der Waals surface area contributed by atoms with Crippen LogP contribution in [0.1, 0.15) is 39.9 Å². The molecule has 2 N–H and O–H groups in total. The molecule has 4 aromatic rings. The van der Waals surface area contributed by atoms with Gasteiger partial charge in [-0.2, -0.15) is 5.26 Å². The fourth-order valence-electron chi connectivity index (χ4n) is 6.43. The second kappa shape index (κ2) is 11.5. The number of anilines is 4. The Morgan fingerprint density at radius 2 is 1.87 bits per heavy atom. The standard InChI is InChI=1S/C35H34N6O4/c1-39-20-24(18-30(34(39)44)38-32-8-6-26(19-37-32)40-13-15-45-16-14-40)27-3-2-4-31(29(27)21-42)41-12-9-23-17-25(35(22-36)10-11-35)5-7-28(23)33(41)43/h2-8,17-20,42H,9-16,21H2,1H3,(H,37,38). The third kappa shape index (κ3) is 5.24. The van der Waals surface area contributed by atoms with Crippen LogP contribution in [0.5, 0.6) is 0 Å². The summed E-state index contributed by atoms with van der Waals surface area (Å²) in [6, 6.07) is 19.4. The molecule has 4 heterocycles. The minimum absolute atomic E-state index is 0.133. The number of aliphatic hydroxyl groups is 1. The molecule has 10 nitrogen and oxygen atoms in total. The Balaban J connectivity index is 1.18. The third-order valence-electron chi connectivity index (χ3n) is 9.18. The first-order valence-electron chi connectivity index (χ1n) is 15.3. The summed E-state index contributed by atoms with van der Waals surface area (Å²) >= 11 is 0. The lowest BCUT2D eigenvalue weighted by Crippen LogP contribution is -2.38. The molecule has 2 aromatic heterocycles. The van der Waals surface area contributed by atoms with E-state index in [1.807, 2.05) is 48.5 Å². The summed E-state index contributed by atoms with van der Waals surface area (Å²) in [5, 5.41) is 23.4. The first kappa shape index (κ1) is 28.8. The monoisotopic (exact) mass is 602 g/mol. The molecule has 0 spiro atoms. The Bertz CT molecular complexity index is 1880. The van der Waals surface area contributed by atoms with Crippen molar-refractivity contribution in [3.05, 3.63) is 99.6 Å². The minimum Gasteiger partial charge on any atom is -0.392 e. The van der Waals surface area contributed by atoms with Crippen LogP contribution in [0.15, 0.2) is 71.8 Å². The number of rotatable bonds is 7. The highest BCUT2D eigenvalue weighted by molar-refractivity contribution is 6.09. The highest BCUT2D eigenvalue weighted by Crippen LogP contribution is 2.48. The summed E-state index contributed by atoms with van der Waals surface area (Å²) in [5.41, 5.74) is 5.97. The number of amides is 1. The van der Waals surface area contributed by atoms with E-state index >= 15 is 0 Å². The van der Waals surface area contributed by atoms with E-state index in [0.29, 0.717) is 54.5 Å². The molecule has 0 radical (unpaired) electrons. The molecule has 2 aliphatic heterocycles. The van der Waals surface area contributed by atoms with Gasteiger partial charge in [-0.25, -0.2) is 4.98 Å². The molecule has 1 saturated carbocycles. The van der Waals surface area contributed by atoms with E-state index in [9.17, 15) is 20.0 Å². The number of pyridine rings is 2. The number of aliphatic hydroxyl groups excluding tert-OH is 1. The Morgan fingerprint density at radius 3 is 2.58 bits per heavy atom. The Hall–Kier alpha value is -4.98. The van der Waals surface area contributed by atoms with E-state index in [0.717, 1.165) is 53.9 Å². The van der Waals surface area contributed by atoms with E-state index in [4.69, 9.17) is 4.74 Å². The molecule has 7 rings (SSSR count). The number of aryl methyl sites for hydroxylation is 1. The summed E-state index contributed by atoms with van der Waals surface area (Å²) in [6.07, 6.45) is 5.89. The van der Waals surface area contributed by atoms with Gasteiger partial charge in [-0.05, 0) is 66.3 Å². The molecule has 1 amide bonds. The van der Waals surface area contributed by atoms with Gasteiger partial charge in [0.2, 0.25) is 0 Å². The van der Waals surface area contributed by atoms with Crippen molar-refractivity contribution in [3.63, 3.8) is 0 Å². The molecule has 228 valence electrons. The second-order valence-electron chi connectivity index (χ2n) is 11.9. The molecular weight excluding hydrogens is 568 g/mol. The summed E-state index contributed by atoms with van der Waals surface area (Å²) in [6.45, 7) is 3.15. The highest BCUT2D eigenvalue weighted by atomic mass is 16.5. The second-order valence-corrected chi connectivity index (χ2v) is 11.9. The Kier molecular flexibility index (Phi) is 7.36. The normalized spacial score (nSPS) is 17.0. The number of hydrogen-bond acceptors (Lipinski definition) is 8. The largest absolute Gasteiger partial charge is 0.392 e. The summed E-state index contributed by atoms with van der Waals surface area (Å²) in [4.78, 5) is 35.4. The summed E-state index contributed by atoms with van der Waals surface area (Å²) < 4.78 is 6.94. The number of fused-ring (bicyclic) bond motifs is 1. The zero-order chi connectivity index (χ0) is 31.1. The number of nitriles is 1. The molecular formula is C35H34N6O4. The molecule has 10 heteroatoms. The average Bonchev–Trinajstić information content (AvgIpc) is 3.89. The Labute approximate surface area is 261 Å². The van der Waals surface area contributed by atoms with Gasteiger partial charge in [-0.15, -0.1) is 0 Å². The van der Waals surface area contributed by atoms with Crippen LogP contribution in [0, 0.1) is 11.3 Å². The maximum absolute atomic E-state index is 13.8. The van der Waals surface area contributed by atoms with Gasteiger partial charge in [-0.1, -0.05) is 24.3 Å². The molecule has 0 bridgehead atoms. The van der Waals surface area contributed by atoms with Gasteiger partial charge >= 0.3 is 0 Å². The van der Waals surface area contributed by atoms with Crippen molar-refractivity contribution < 1.29 is 14.6 Å². The van der Waals surface area contributed by atoms with Crippen molar-refractivity contribution in [2.75, 3.05) is 48.0 Å². The van der Waals surface area contributed by atoms with Crippen molar-refractivity contribution in [2.24, 2.45) is 7.05 Å². The van der Waals surface area contributed by atoms with Crippen molar-refractivity contribution in [3.8, 4) is 17.2 Å². The van der Waals surface area contributed by atoms with Crippen LogP contribution in [-0.4, -0.2) is 53.4 Å². The molecule has 0 atom stereocenters. The SMILES string of the molecule is Cn1cc(-c2cccc(N3CCc4cc(C5(C#N)CC5)ccc4C3=O)c2CO)cc(Nc2ccc(N3CCOCC3)cn2)c1=O. The van der Waals surface area contributed by atoms with E-state index in [2.05, 4.69) is 21.3 Å². The van der Waals surface area contributed by atoms with Gasteiger partial charge in [0.05, 0.1) is 48.9 Å². The highest BCUT2D eigenvalue weighted by Gasteiger charge is 2.45. The minimum atomic E-state index is -0.403. The van der Waals surface area contributed by atoms with E-state index in [1.165, 1.54) is 4.57 Å². The van der Waals surface area contributed by atoms with E-state index < -0.39 is 5.41 Å². The van der Waals surface area contributed by atoms with Crippen molar-refractivity contribution in [1.82, 2.24) is 9.55 Å². The predicted octanol–water partition coefficient (Wildman–Crippen LogP) is 4.28. The van der Waals surface area contributed by atoms with Crippen LogP contribution in [0.4, 0.5) is 22.9 Å². The molecule has 3 aliphatic rings. The van der Waals surface area contributed by atoms with E-state index in [-0.39, 0.29) is 18.1 Å². The molecule has 45 heavy (non-hydrogen) atoms. The number of morpholine rings is 1. The number of carbonyl (C=O) groups is 1. The first-order chi connectivity index (χ1) is 21.9. The fraction of sp³-hybridized carbons (Fsp3) is 0.314. The van der Waals surface area contributed by atoms with Gasteiger partial charge in [0.1, 0.15) is 11.5 Å². The topological polar surface area (TPSA) is 124 Å². The van der Waals surface area contributed by atoms with Gasteiger partial charge in [0, 0.05) is 49.6 Å². The molecule has 0 unspecified atom stereocenters. The molecule has 1 aliphatic carbocycles. The number of benzene rings is 2. The zero-order valence-electron chi connectivity index (χ0n) is 25.1. The van der Waals surface area contributed by atoms with E-state index in [1.54, 1.807) is 30.4 Å². The number of hydrogen-bond donors (Lipinski definition) is 2. The quantitative estimate of drug-likeness (QED) is 0.321. The van der Waals surface area contributed by atoms with Crippen molar-refractivity contribution in [1.29, 1.82) is 5.26 Å². The number of ether oxygens (including phenoxy) is 1. The number of nitrogens with zero attached hydrogens (tertiary/aromatic N) is 5. The van der Waals surface area contributed by atoms with Crippen LogP contribution in [0.25, 0.3) is 11.1 Å². The number of nitrogens with one attached hydrogen (secondary N) is 1. The summed E-state index contributed by atoms with van der Waals surface area (Å²) in [7, 11) is 1.69. The van der Waals surface area contributed by atoms with Gasteiger partial charge in [0.15, 0.2) is 0 Å². The number of aromatic nitrogens is 2. The van der Waals surface area contributed by atoms with Gasteiger partial charge in [-0.3, -0.25) is 9.59 Å². The van der Waals surface area contributed by atoms with Crippen LogP contribution >= 0.6 is 0 Å². The average molecular weight is 603 g/mol. The number of carbonyl (C=O) groups excluding carboxylic acids is 1. The van der Waals surface area contributed by atoms with Crippen LogP contribution in [0.2, 0.25) is 0 Å². The summed E-state index contributed by atoms with van der Waals surface area (Å²) in [5.74, 6) is 0.409. The van der Waals surface area contributed by atoms with Crippen molar-refractivity contribution >= 4 is 28.8 Å². The zero-order valence-corrected chi connectivity index (χ0v) is 25.1. The third-order valence-corrected chi connectivity index (χ3v) is 9.18. The Morgan fingerprint density at radius 1 is 1.04 bits per heavy atom. The lowest BCUT2D eigenvalue weighted by molar-refractivity contribution is 0.0980. The smallest absolute Gasteiger partial charge is 0.274 e. The van der Waals surface area contributed by atoms with Gasteiger partial charge < -0.3 is 29.5 Å². The molecule has 1 saturated heterocycles. The lowest BCUT2D eigenvalue weighted by Gasteiger charge is -2.31. The molecule has 2 aromatic carbocycles. The first-order valence-corrected chi connectivity index (χ1v) is 15.3. The van der Waals surface area contributed by atoms with Gasteiger partial charge in [0.25, 0.3) is 11.5 Å². The maximum atomic E-state index is 13.8. The van der Waals surface area contributed by atoms with Crippen LogP contribution < -0.4 is 20.7 Å².